The van der Waals surface area contributed by atoms with E-state index in [9.17, 15) is 28.0 Å². The molecular weight excluding hydrogens is 331 g/mol. The minimum atomic E-state index is -4.63. The Kier molecular flexibility index (Phi) is 5.54. The zero-order valence-electron chi connectivity index (χ0n) is 12.5. The summed E-state index contributed by atoms with van der Waals surface area (Å²) < 4.78 is 37.7. The highest BCUT2D eigenvalue weighted by Crippen LogP contribution is 2.35. The third kappa shape index (κ3) is 5.33. The SMILES string of the molecule is O=CN(O)CC(CC1CC1)C(=O)NNc1nccc(C(F)(F)F)n1. The van der Waals surface area contributed by atoms with Crippen LogP contribution in [0, 0.1) is 11.8 Å². The number of amides is 2. The molecule has 1 fully saturated rings. The summed E-state index contributed by atoms with van der Waals surface area (Å²) in [5.74, 6) is -1.36. The van der Waals surface area contributed by atoms with Crippen LogP contribution in [0.2, 0.25) is 0 Å². The van der Waals surface area contributed by atoms with Crippen LogP contribution in [0.25, 0.3) is 0 Å². The third-order valence-electron chi connectivity index (χ3n) is 3.46. The number of hydrazine groups is 1. The first-order valence-electron chi connectivity index (χ1n) is 7.16. The zero-order chi connectivity index (χ0) is 17.7. The fraction of sp³-hybridized carbons (Fsp3) is 0.538. The van der Waals surface area contributed by atoms with E-state index >= 15 is 0 Å². The van der Waals surface area contributed by atoms with Gasteiger partial charge in [-0.25, -0.2) is 15.0 Å². The normalized spacial score (nSPS) is 15.5. The highest BCUT2D eigenvalue weighted by molar-refractivity contribution is 5.80. The molecule has 1 aromatic rings. The maximum Gasteiger partial charge on any atom is 0.433 e. The Bertz CT molecular complexity index is 594. The number of rotatable bonds is 8. The fourth-order valence-electron chi connectivity index (χ4n) is 2.09. The molecule has 8 nitrogen and oxygen atoms in total. The first-order valence-corrected chi connectivity index (χ1v) is 7.16. The lowest BCUT2D eigenvalue weighted by atomic mass is 10.0. The van der Waals surface area contributed by atoms with Crippen LogP contribution >= 0.6 is 0 Å². The van der Waals surface area contributed by atoms with Crippen molar-refractivity contribution >= 4 is 18.3 Å². The van der Waals surface area contributed by atoms with Crippen LogP contribution in [0.15, 0.2) is 12.3 Å². The maximum atomic E-state index is 12.6. The molecule has 1 aliphatic rings. The largest absolute Gasteiger partial charge is 0.433 e. The predicted octanol–water partition coefficient (Wildman–Crippen LogP) is 1.20. The average Bonchev–Trinajstić information content (AvgIpc) is 3.35. The van der Waals surface area contributed by atoms with Gasteiger partial charge in [0.15, 0.2) is 0 Å². The van der Waals surface area contributed by atoms with Gasteiger partial charge in [-0.15, -0.1) is 0 Å². The van der Waals surface area contributed by atoms with E-state index in [1.54, 1.807) is 0 Å². The van der Waals surface area contributed by atoms with Crippen molar-refractivity contribution in [3.63, 3.8) is 0 Å². The Balaban J connectivity index is 1.95. The van der Waals surface area contributed by atoms with Crippen molar-refractivity contribution in [1.29, 1.82) is 0 Å². The summed E-state index contributed by atoms with van der Waals surface area (Å²) in [4.78, 5) is 29.4. The van der Waals surface area contributed by atoms with Gasteiger partial charge < -0.3 is 0 Å². The summed E-state index contributed by atoms with van der Waals surface area (Å²) in [6.45, 7) is -0.211. The van der Waals surface area contributed by atoms with Crippen LogP contribution in [-0.2, 0) is 15.8 Å². The van der Waals surface area contributed by atoms with Crippen LogP contribution in [0.3, 0.4) is 0 Å². The van der Waals surface area contributed by atoms with E-state index in [2.05, 4.69) is 20.8 Å². The van der Waals surface area contributed by atoms with Crippen molar-refractivity contribution in [3.05, 3.63) is 18.0 Å². The molecule has 132 valence electrons. The number of alkyl halides is 3. The Morgan fingerprint density at radius 3 is 2.79 bits per heavy atom. The van der Waals surface area contributed by atoms with E-state index in [4.69, 9.17) is 0 Å². The van der Waals surface area contributed by atoms with Crippen molar-refractivity contribution in [2.75, 3.05) is 12.0 Å². The van der Waals surface area contributed by atoms with Crippen molar-refractivity contribution in [1.82, 2.24) is 20.5 Å². The second-order valence-corrected chi connectivity index (χ2v) is 5.48. The number of halogens is 3. The standard InChI is InChI=1S/C13H16F3N5O3/c14-13(15,16)10-3-4-17-12(18-10)20-19-11(23)9(5-8-1-2-8)6-21(24)7-22/h3-4,7-9,24H,1-2,5-6H2,(H,19,23)(H,17,18,20). The molecule has 0 aromatic carbocycles. The molecule has 0 aliphatic heterocycles. The number of hydroxylamine groups is 2. The molecule has 1 unspecified atom stereocenters. The molecule has 0 radical (unpaired) electrons. The smallest absolute Gasteiger partial charge is 0.286 e. The maximum absolute atomic E-state index is 12.6. The second-order valence-electron chi connectivity index (χ2n) is 5.48. The van der Waals surface area contributed by atoms with Gasteiger partial charge in [0.1, 0.15) is 5.69 Å². The van der Waals surface area contributed by atoms with Gasteiger partial charge in [0.25, 0.3) is 0 Å². The van der Waals surface area contributed by atoms with E-state index < -0.39 is 29.6 Å². The van der Waals surface area contributed by atoms with Gasteiger partial charge in [-0.1, -0.05) is 12.8 Å². The minimum Gasteiger partial charge on any atom is -0.286 e. The van der Waals surface area contributed by atoms with E-state index in [0.717, 1.165) is 19.0 Å². The Labute approximate surface area is 135 Å². The van der Waals surface area contributed by atoms with E-state index in [0.29, 0.717) is 23.5 Å². The van der Waals surface area contributed by atoms with Crippen LogP contribution in [-0.4, -0.2) is 39.1 Å². The van der Waals surface area contributed by atoms with Crippen LogP contribution < -0.4 is 10.9 Å². The highest BCUT2D eigenvalue weighted by Gasteiger charge is 2.33. The summed E-state index contributed by atoms with van der Waals surface area (Å²) >= 11 is 0. The van der Waals surface area contributed by atoms with Crippen LogP contribution in [0.1, 0.15) is 25.0 Å². The molecule has 1 saturated carbocycles. The van der Waals surface area contributed by atoms with E-state index in [1.807, 2.05) is 0 Å². The molecule has 3 N–H and O–H groups in total. The van der Waals surface area contributed by atoms with Crippen molar-refractivity contribution in [2.45, 2.75) is 25.4 Å². The van der Waals surface area contributed by atoms with Gasteiger partial charge in [0.2, 0.25) is 18.3 Å². The summed E-state index contributed by atoms with van der Waals surface area (Å²) in [6.07, 6.45) is -1.16. The summed E-state index contributed by atoms with van der Waals surface area (Å²) in [5.41, 5.74) is 3.27. The molecule has 11 heteroatoms. The second kappa shape index (κ2) is 7.43. The summed E-state index contributed by atoms with van der Waals surface area (Å²) in [6, 6.07) is 0.705. The van der Waals surface area contributed by atoms with Gasteiger partial charge in [0, 0.05) is 6.20 Å². The predicted molar refractivity (Wildman–Crippen MR) is 74.2 cm³/mol. The number of nitrogens with zero attached hydrogens (tertiary/aromatic N) is 3. The molecule has 1 aliphatic carbocycles. The first-order chi connectivity index (χ1) is 11.3. The van der Waals surface area contributed by atoms with Crippen LogP contribution in [0.5, 0.6) is 0 Å². The molecule has 24 heavy (non-hydrogen) atoms. The lowest BCUT2D eigenvalue weighted by Gasteiger charge is -2.19. The van der Waals surface area contributed by atoms with Crippen LogP contribution in [0.4, 0.5) is 19.1 Å². The summed E-state index contributed by atoms with van der Waals surface area (Å²) in [7, 11) is 0. The van der Waals surface area contributed by atoms with Crippen molar-refractivity contribution in [2.24, 2.45) is 11.8 Å². The summed E-state index contributed by atoms with van der Waals surface area (Å²) in [5, 5.41) is 9.59. The molecule has 1 aromatic heterocycles. The topological polar surface area (TPSA) is 107 Å². The van der Waals surface area contributed by atoms with Gasteiger partial charge in [0.05, 0.1) is 12.5 Å². The number of nitrogens with one attached hydrogen (secondary N) is 2. The van der Waals surface area contributed by atoms with Gasteiger partial charge >= 0.3 is 6.18 Å². The molecule has 0 spiro atoms. The number of hydrogen-bond acceptors (Lipinski definition) is 6. The lowest BCUT2D eigenvalue weighted by molar-refractivity contribution is -0.154. The van der Waals surface area contributed by atoms with Crippen molar-refractivity contribution < 1.29 is 28.0 Å². The molecule has 1 heterocycles. The van der Waals surface area contributed by atoms with Gasteiger partial charge in [-0.05, 0) is 18.4 Å². The zero-order valence-corrected chi connectivity index (χ0v) is 12.5. The Morgan fingerprint density at radius 1 is 1.50 bits per heavy atom. The molecule has 2 rings (SSSR count). The highest BCUT2D eigenvalue weighted by atomic mass is 19.4. The molecule has 2 amide bonds. The molecule has 1 atom stereocenters. The number of anilines is 1. The Morgan fingerprint density at radius 2 is 2.21 bits per heavy atom. The quantitative estimate of drug-likeness (QED) is 0.371. The number of carbonyl (C=O) groups excluding carboxylic acids is 2. The number of aromatic nitrogens is 2. The van der Waals surface area contributed by atoms with Gasteiger partial charge in [-0.2, -0.15) is 13.2 Å². The van der Waals surface area contributed by atoms with E-state index in [1.165, 1.54) is 0 Å². The monoisotopic (exact) mass is 347 g/mol. The fourth-order valence-corrected chi connectivity index (χ4v) is 2.09. The molecule has 0 saturated heterocycles. The lowest BCUT2D eigenvalue weighted by Crippen LogP contribution is -2.40. The minimum absolute atomic E-state index is 0.177. The first kappa shape index (κ1) is 17.9. The third-order valence-corrected chi connectivity index (χ3v) is 3.46. The number of hydrogen-bond donors (Lipinski definition) is 3. The van der Waals surface area contributed by atoms with E-state index in [-0.39, 0.29) is 13.0 Å². The number of carbonyl (C=O) groups is 2. The van der Waals surface area contributed by atoms with Crippen molar-refractivity contribution in [3.8, 4) is 0 Å². The molecule has 0 bridgehead atoms. The molecular formula is C13H16F3N5O3. The van der Waals surface area contributed by atoms with Gasteiger partial charge in [-0.3, -0.25) is 25.6 Å². The average molecular weight is 347 g/mol. The Hall–Kier alpha value is -2.43.